The van der Waals surface area contributed by atoms with E-state index in [1.54, 1.807) is 0 Å². The van der Waals surface area contributed by atoms with Crippen LogP contribution in [0.3, 0.4) is 0 Å². The number of hydrogen-bond acceptors (Lipinski definition) is 2. The number of nitrogens with one attached hydrogen (secondary N) is 1. The van der Waals surface area contributed by atoms with E-state index in [4.69, 9.17) is 0 Å². The van der Waals surface area contributed by atoms with Gasteiger partial charge in [-0.2, -0.15) is 0 Å². The molecule has 1 rings (SSSR count). The molecule has 0 saturated carbocycles. The topological polar surface area (TPSA) is 32.3 Å². The molecule has 1 heterocycles. The minimum atomic E-state index is -0.111. The summed E-state index contributed by atoms with van der Waals surface area (Å²) in [6.07, 6.45) is 12.4. The maximum Gasteiger partial charge on any atom is 0.0693 e. The maximum atomic E-state index is 10.1. The quantitative estimate of drug-likeness (QED) is 0.654. The normalized spacial score (nSPS) is 24.0. The van der Waals surface area contributed by atoms with Crippen molar-refractivity contribution in [2.24, 2.45) is 0 Å². The first kappa shape index (κ1) is 14.0. The second kappa shape index (κ2) is 9.00. The SMILES string of the molecule is CCCCCCCC(O)C1CCCCCN1. The average Bonchev–Trinajstić information content (AvgIpc) is 2.57. The molecular formula is C14H29NO. The van der Waals surface area contributed by atoms with Gasteiger partial charge >= 0.3 is 0 Å². The third kappa shape index (κ3) is 5.86. The molecule has 2 heteroatoms. The van der Waals surface area contributed by atoms with Gasteiger partial charge in [-0.05, 0) is 25.8 Å². The van der Waals surface area contributed by atoms with Crippen molar-refractivity contribution in [1.82, 2.24) is 5.32 Å². The summed E-state index contributed by atoms with van der Waals surface area (Å²) in [6, 6.07) is 0.369. The Kier molecular flexibility index (Phi) is 7.87. The van der Waals surface area contributed by atoms with Gasteiger partial charge in [-0.1, -0.05) is 51.9 Å². The largest absolute Gasteiger partial charge is 0.392 e. The van der Waals surface area contributed by atoms with Gasteiger partial charge in [0.15, 0.2) is 0 Å². The van der Waals surface area contributed by atoms with Crippen LogP contribution < -0.4 is 5.32 Å². The highest BCUT2D eigenvalue weighted by Gasteiger charge is 2.19. The zero-order chi connectivity index (χ0) is 11.6. The van der Waals surface area contributed by atoms with Gasteiger partial charge in [-0.25, -0.2) is 0 Å². The molecule has 0 bridgehead atoms. The van der Waals surface area contributed by atoms with Crippen LogP contribution in [0.15, 0.2) is 0 Å². The Balaban J connectivity index is 2.05. The number of hydrogen-bond donors (Lipinski definition) is 2. The summed E-state index contributed by atoms with van der Waals surface area (Å²) >= 11 is 0. The van der Waals surface area contributed by atoms with Crippen molar-refractivity contribution in [1.29, 1.82) is 0 Å². The van der Waals surface area contributed by atoms with Crippen LogP contribution in [0.2, 0.25) is 0 Å². The standard InChI is InChI=1S/C14H29NO/c1-2-3-4-5-8-11-14(16)13-10-7-6-9-12-15-13/h13-16H,2-12H2,1H3. The summed E-state index contributed by atoms with van der Waals surface area (Å²) in [6.45, 7) is 3.34. The molecule has 16 heavy (non-hydrogen) atoms. The smallest absolute Gasteiger partial charge is 0.0693 e. The molecule has 96 valence electrons. The van der Waals surface area contributed by atoms with Gasteiger partial charge in [-0.15, -0.1) is 0 Å². The fourth-order valence-corrected chi connectivity index (χ4v) is 2.54. The molecule has 0 aromatic carbocycles. The Labute approximate surface area is 101 Å². The first-order chi connectivity index (χ1) is 7.84. The highest BCUT2D eigenvalue weighted by Crippen LogP contribution is 2.15. The Bertz CT molecular complexity index is 153. The molecule has 1 saturated heterocycles. The van der Waals surface area contributed by atoms with Gasteiger partial charge in [0.05, 0.1) is 6.10 Å². The zero-order valence-corrected chi connectivity index (χ0v) is 10.9. The van der Waals surface area contributed by atoms with E-state index in [-0.39, 0.29) is 6.10 Å². The first-order valence-corrected chi connectivity index (χ1v) is 7.26. The van der Waals surface area contributed by atoms with E-state index in [0.29, 0.717) is 6.04 Å². The van der Waals surface area contributed by atoms with E-state index >= 15 is 0 Å². The Morgan fingerprint density at radius 1 is 1.12 bits per heavy atom. The summed E-state index contributed by atoms with van der Waals surface area (Å²) in [5, 5.41) is 13.6. The van der Waals surface area contributed by atoms with Crippen molar-refractivity contribution in [2.45, 2.75) is 83.3 Å². The third-order valence-corrected chi connectivity index (χ3v) is 3.67. The summed E-state index contributed by atoms with van der Waals surface area (Å²) in [4.78, 5) is 0. The van der Waals surface area contributed by atoms with E-state index in [0.717, 1.165) is 19.4 Å². The molecule has 1 aliphatic heterocycles. The van der Waals surface area contributed by atoms with Crippen LogP contribution >= 0.6 is 0 Å². The van der Waals surface area contributed by atoms with Crippen LogP contribution in [0.4, 0.5) is 0 Å². The number of rotatable bonds is 7. The van der Waals surface area contributed by atoms with Crippen molar-refractivity contribution in [3.8, 4) is 0 Å². The molecule has 0 aromatic heterocycles. The lowest BCUT2D eigenvalue weighted by Gasteiger charge is -2.22. The first-order valence-electron chi connectivity index (χ1n) is 7.26. The summed E-state index contributed by atoms with van der Waals surface area (Å²) in [5.74, 6) is 0. The highest BCUT2D eigenvalue weighted by molar-refractivity contribution is 4.78. The predicted octanol–water partition coefficient (Wildman–Crippen LogP) is 3.24. The number of aliphatic hydroxyl groups is 1. The van der Waals surface area contributed by atoms with Crippen molar-refractivity contribution >= 4 is 0 Å². The van der Waals surface area contributed by atoms with Crippen molar-refractivity contribution < 1.29 is 5.11 Å². The monoisotopic (exact) mass is 227 g/mol. The maximum absolute atomic E-state index is 10.1. The van der Waals surface area contributed by atoms with E-state index < -0.39 is 0 Å². The number of aliphatic hydroxyl groups excluding tert-OH is 1. The van der Waals surface area contributed by atoms with E-state index in [2.05, 4.69) is 12.2 Å². The Morgan fingerprint density at radius 3 is 2.75 bits per heavy atom. The van der Waals surface area contributed by atoms with Gasteiger partial charge in [0.25, 0.3) is 0 Å². The molecular weight excluding hydrogens is 198 g/mol. The molecule has 1 fully saturated rings. The zero-order valence-electron chi connectivity index (χ0n) is 10.9. The van der Waals surface area contributed by atoms with Crippen molar-refractivity contribution in [3.63, 3.8) is 0 Å². The van der Waals surface area contributed by atoms with E-state index in [1.807, 2.05) is 0 Å². The van der Waals surface area contributed by atoms with Crippen LogP contribution in [0, 0.1) is 0 Å². The van der Waals surface area contributed by atoms with Gasteiger partial charge in [0.1, 0.15) is 0 Å². The van der Waals surface area contributed by atoms with E-state index in [1.165, 1.54) is 51.4 Å². The Hall–Kier alpha value is -0.0800. The van der Waals surface area contributed by atoms with Gasteiger partial charge in [0, 0.05) is 6.04 Å². The van der Waals surface area contributed by atoms with Crippen molar-refractivity contribution in [2.75, 3.05) is 6.54 Å². The molecule has 2 unspecified atom stereocenters. The molecule has 0 amide bonds. The number of unbranched alkanes of at least 4 members (excludes halogenated alkanes) is 4. The second-order valence-electron chi connectivity index (χ2n) is 5.18. The third-order valence-electron chi connectivity index (χ3n) is 3.67. The lowest BCUT2D eigenvalue weighted by molar-refractivity contribution is 0.113. The van der Waals surface area contributed by atoms with Gasteiger partial charge in [-0.3, -0.25) is 0 Å². The molecule has 2 atom stereocenters. The highest BCUT2D eigenvalue weighted by atomic mass is 16.3. The molecule has 0 aliphatic carbocycles. The second-order valence-corrected chi connectivity index (χ2v) is 5.18. The van der Waals surface area contributed by atoms with Crippen molar-refractivity contribution in [3.05, 3.63) is 0 Å². The van der Waals surface area contributed by atoms with Gasteiger partial charge in [0.2, 0.25) is 0 Å². The average molecular weight is 227 g/mol. The lowest BCUT2D eigenvalue weighted by Crippen LogP contribution is -2.39. The summed E-state index contributed by atoms with van der Waals surface area (Å²) in [5.41, 5.74) is 0. The molecule has 0 radical (unpaired) electrons. The fraction of sp³-hybridized carbons (Fsp3) is 1.00. The van der Waals surface area contributed by atoms with E-state index in [9.17, 15) is 5.11 Å². The van der Waals surface area contributed by atoms with Gasteiger partial charge < -0.3 is 10.4 Å². The van der Waals surface area contributed by atoms with Crippen LogP contribution in [-0.4, -0.2) is 23.8 Å². The minimum Gasteiger partial charge on any atom is -0.392 e. The summed E-state index contributed by atoms with van der Waals surface area (Å²) in [7, 11) is 0. The summed E-state index contributed by atoms with van der Waals surface area (Å²) < 4.78 is 0. The molecule has 1 aliphatic rings. The Morgan fingerprint density at radius 2 is 1.94 bits per heavy atom. The van der Waals surface area contributed by atoms with Crippen LogP contribution in [0.1, 0.15) is 71.1 Å². The van der Waals surface area contributed by atoms with Crippen LogP contribution in [0.5, 0.6) is 0 Å². The van der Waals surface area contributed by atoms with Crippen LogP contribution in [-0.2, 0) is 0 Å². The van der Waals surface area contributed by atoms with Crippen LogP contribution in [0.25, 0.3) is 0 Å². The predicted molar refractivity (Wildman–Crippen MR) is 69.6 cm³/mol. The molecule has 2 N–H and O–H groups in total. The lowest BCUT2D eigenvalue weighted by atomic mass is 9.99. The molecule has 0 aromatic rings. The molecule has 0 spiro atoms. The minimum absolute atomic E-state index is 0.111. The molecule has 2 nitrogen and oxygen atoms in total. The fourth-order valence-electron chi connectivity index (χ4n) is 2.54.